The first-order valence-corrected chi connectivity index (χ1v) is 10.3. The number of imidazole rings is 1. The predicted octanol–water partition coefficient (Wildman–Crippen LogP) is 3.15. The normalized spacial score (nSPS) is 16.5. The van der Waals surface area contributed by atoms with Crippen LogP contribution in [-0.2, 0) is 13.1 Å². The lowest BCUT2D eigenvalue weighted by Gasteiger charge is -2.21. The monoisotopic (exact) mass is 424 g/mol. The van der Waals surface area contributed by atoms with Crippen molar-refractivity contribution in [3.8, 4) is 0 Å². The molecule has 1 aliphatic rings. The molecule has 1 fully saturated rings. The summed E-state index contributed by atoms with van der Waals surface area (Å²) in [6.07, 6.45) is 6.29. The minimum absolute atomic E-state index is 0.0468. The largest absolute Gasteiger partial charge is 0.365 e. The number of nitrogens with one attached hydrogen (secondary N) is 2. The summed E-state index contributed by atoms with van der Waals surface area (Å²) in [5.74, 6) is -0.386. The maximum absolute atomic E-state index is 14.1. The van der Waals surface area contributed by atoms with E-state index in [4.69, 9.17) is 0 Å². The molecule has 6 nitrogen and oxygen atoms in total. The van der Waals surface area contributed by atoms with E-state index in [-0.39, 0.29) is 11.7 Å². The van der Waals surface area contributed by atoms with E-state index in [1.54, 1.807) is 24.5 Å². The van der Waals surface area contributed by atoms with Crippen LogP contribution in [0.2, 0.25) is 0 Å². The van der Waals surface area contributed by atoms with Gasteiger partial charge in [-0.25, -0.2) is 13.8 Å². The van der Waals surface area contributed by atoms with Gasteiger partial charge in [0.1, 0.15) is 17.3 Å². The van der Waals surface area contributed by atoms with Gasteiger partial charge in [-0.3, -0.25) is 4.99 Å². The van der Waals surface area contributed by atoms with Crippen molar-refractivity contribution in [1.82, 2.24) is 20.2 Å². The third kappa shape index (κ3) is 5.20. The van der Waals surface area contributed by atoms with Gasteiger partial charge in [-0.05, 0) is 29.7 Å². The Bertz CT molecular complexity index is 997. The van der Waals surface area contributed by atoms with E-state index in [1.165, 1.54) is 23.8 Å². The van der Waals surface area contributed by atoms with Crippen LogP contribution in [0.3, 0.4) is 0 Å². The van der Waals surface area contributed by atoms with Crippen LogP contribution in [0.25, 0.3) is 0 Å². The van der Waals surface area contributed by atoms with Gasteiger partial charge in [0.05, 0.1) is 6.33 Å². The third-order valence-corrected chi connectivity index (χ3v) is 5.41. The van der Waals surface area contributed by atoms with Crippen LogP contribution in [0.5, 0.6) is 0 Å². The average molecular weight is 424 g/mol. The molecule has 0 saturated carbocycles. The number of para-hydroxylation sites is 1. The Labute approximate surface area is 180 Å². The molecule has 2 N–H and O–H groups in total. The molecule has 0 bridgehead atoms. The van der Waals surface area contributed by atoms with Gasteiger partial charge in [-0.2, -0.15) is 0 Å². The highest BCUT2D eigenvalue weighted by molar-refractivity contribution is 5.80. The average Bonchev–Trinajstić information content (AvgIpc) is 3.44. The molecule has 1 aromatic heterocycles. The maximum Gasteiger partial charge on any atom is 0.191 e. The Kier molecular flexibility index (Phi) is 6.45. The van der Waals surface area contributed by atoms with Gasteiger partial charge in [-0.15, -0.1) is 0 Å². The standard InChI is InChI=1S/C23H26F2N6/c1-26-23(28-13-17-5-7-18(8-6-17)14-30-12-10-27-16-30)29-19-9-11-31(15-19)22-20(24)3-2-4-21(22)25/h2-8,10,12,16,19H,9,11,13-15H2,1H3,(H2,26,28,29). The van der Waals surface area contributed by atoms with E-state index in [0.717, 1.165) is 18.5 Å². The highest BCUT2D eigenvalue weighted by Crippen LogP contribution is 2.26. The van der Waals surface area contributed by atoms with Gasteiger partial charge in [-0.1, -0.05) is 30.3 Å². The van der Waals surface area contributed by atoms with Gasteiger partial charge < -0.3 is 20.1 Å². The smallest absolute Gasteiger partial charge is 0.191 e. The van der Waals surface area contributed by atoms with Crippen LogP contribution in [-0.4, -0.2) is 41.7 Å². The number of halogens is 2. The van der Waals surface area contributed by atoms with Crippen LogP contribution >= 0.6 is 0 Å². The fourth-order valence-electron chi connectivity index (χ4n) is 3.80. The number of hydrogen-bond donors (Lipinski definition) is 2. The van der Waals surface area contributed by atoms with Crippen molar-refractivity contribution in [3.05, 3.63) is 83.9 Å². The number of benzene rings is 2. The summed E-state index contributed by atoms with van der Waals surface area (Å²) >= 11 is 0. The maximum atomic E-state index is 14.1. The molecule has 1 aliphatic heterocycles. The lowest BCUT2D eigenvalue weighted by molar-refractivity contribution is 0.576. The van der Waals surface area contributed by atoms with E-state index in [2.05, 4.69) is 44.9 Å². The van der Waals surface area contributed by atoms with E-state index in [9.17, 15) is 8.78 Å². The number of anilines is 1. The van der Waals surface area contributed by atoms with E-state index < -0.39 is 11.6 Å². The third-order valence-electron chi connectivity index (χ3n) is 5.41. The summed E-state index contributed by atoms with van der Waals surface area (Å²) in [5, 5.41) is 6.67. The molecular weight excluding hydrogens is 398 g/mol. The molecule has 1 saturated heterocycles. The second-order valence-electron chi connectivity index (χ2n) is 7.62. The number of rotatable bonds is 6. The fraction of sp³-hybridized carbons (Fsp3) is 0.304. The Balaban J connectivity index is 1.28. The molecule has 31 heavy (non-hydrogen) atoms. The number of hydrogen-bond acceptors (Lipinski definition) is 3. The second-order valence-corrected chi connectivity index (χ2v) is 7.62. The van der Waals surface area contributed by atoms with E-state index >= 15 is 0 Å². The lowest BCUT2D eigenvalue weighted by Crippen LogP contribution is -2.44. The van der Waals surface area contributed by atoms with Gasteiger partial charge in [0.25, 0.3) is 0 Å². The molecule has 1 unspecified atom stereocenters. The zero-order chi connectivity index (χ0) is 21.6. The molecule has 0 radical (unpaired) electrons. The van der Waals surface area contributed by atoms with Crippen LogP contribution < -0.4 is 15.5 Å². The van der Waals surface area contributed by atoms with Crippen LogP contribution in [0.1, 0.15) is 17.5 Å². The summed E-state index contributed by atoms with van der Waals surface area (Å²) in [7, 11) is 1.72. The molecule has 162 valence electrons. The van der Waals surface area contributed by atoms with Gasteiger partial charge in [0.15, 0.2) is 5.96 Å². The van der Waals surface area contributed by atoms with Gasteiger partial charge in [0.2, 0.25) is 0 Å². The summed E-state index contributed by atoms with van der Waals surface area (Å²) in [6, 6.07) is 12.4. The van der Waals surface area contributed by atoms with E-state index in [1.807, 2.05) is 10.8 Å². The van der Waals surface area contributed by atoms with Gasteiger partial charge in [0, 0.05) is 51.7 Å². The summed E-state index contributed by atoms with van der Waals surface area (Å²) in [5.41, 5.74) is 2.39. The molecule has 0 amide bonds. The van der Waals surface area contributed by atoms with Crippen molar-refractivity contribution in [2.45, 2.75) is 25.6 Å². The van der Waals surface area contributed by atoms with Crippen molar-refractivity contribution in [2.24, 2.45) is 4.99 Å². The number of aliphatic imine (C=N–C) groups is 1. The highest BCUT2D eigenvalue weighted by Gasteiger charge is 2.27. The SMILES string of the molecule is CN=C(NCc1ccc(Cn2ccnc2)cc1)NC1CCN(c2c(F)cccc2F)C1. The van der Waals surface area contributed by atoms with Crippen LogP contribution in [0, 0.1) is 11.6 Å². The lowest BCUT2D eigenvalue weighted by atomic mass is 10.1. The first-order valence-electron chi connectivity index (χ1n) is 10.3. The Morgan fingerprint density at radius 1 is 1.13 bits per heavy atom. The van der Waals surface area contributed by atoms with Crippen LogP contribution in [0.4, 0.5) is 14.5 Å². The van der Waals surface area contributed by atoms with Crippen molar-refractivity contribution >= 4 is 11.6 Å². The van der Waals surface area contributed by atoms with Crippen molar-refractivity contribution in [3.63, 3.8) is 0 Å². The number of aromatic nitrogens is 2. The topological polar surface area (TPSA) is 57.5 Å². The summed E-state index contributed by atoms with van der Waals surface area (Å²) in [6.45, 7) is 2.52. The Morgan fingerprint density at radius 2 is 1.87 bits per heavy atom. The Hall–Kier alpha value is -3.42. The molecule has 1 atom stereocenters. The zero-order valence-electron chi connectivity index (χ0n) is 17.4. The van der Waals surface area contributed by atoms with Gasteiger partial charge >= 0.3 is 0 Å². The van der Waals surface area contributed by atoms with Crippen LogP contribution in [0.15, 0.2) is 66.2 Å². The molecule has 0 spiro atoms. The number of nitrogens with zero attached hydrogens (tertiary/aromatic N) is 4. The second kappa shape index (κ2) is 9.59. The number of guanidine groups is 1. The first kappa shape index (κ1) is 20.8. The minimum Gasteiger partial charge on any atom is -0.365 e. The van der Waals surface area contributed by atoms with Crippen molar-refractivity contribution in [1.29, 1.82) is 0 Å². The summed E-state index contributed by atoms with van der Waals surface area (Å²) in [4.78, 5) is 10.1. The summed E-state index contributed by atoms with van der Waals surface area (Å²) < 4.78 is 30.1. The Morgan fingerprint density at radius 3 is 2.55 bits per heavy atom. The first-order chi connectivity index (χ1) is 15.1. The van der Waals surface area contributed by atoms with E-state index in [0.29, 0.717) is 25.6 Å². The molecule has 2 aromatic carbocycles. The molecule has 0 aliphatic carbocycles. The zero-order valence-corrected chi connectivity index (χ0v) is 17.4. The van der Waals surface area contributed by atoms with Crippen molar-refractivity contribution in [2.75, 3.05) is 25.0 Å². The highest BCUT2D eigenvalue weighted by atomic mass is 19.1. The predicted molar refractivity (Wildman–Crippen MR) is 118 cm³/mol. The molecular formula is C23H26F2N6. The minimum atomic E-state index is -0.528. The molecule has 4 rings (SSSR count). The van der Waals surface area contributed by atoms with Crippen molar-refractivity contribution < 1.29 is 8.78 Å². The molecule has 3 aromatic rings. The molecule has 8 heteroatoms. The fourth-order valence-corrected chi connectivity index (χ4v) is 3.80. The quantitative estimate of drug-likeness (QED) is 0.472. The molecule has 2 heterocycles.